The number of rotatable bonds is 5. The fraction of sp³-hybridized carbons (Fsp3) is 0.286. The van der Waals surface area contributed by atoms with E-state index >= 15 is 0 Å². The molecule has 2 aromatic rings. The monoisotopic (exact) mass is 373 g/mol. The maximum Gasteiger partial charge on any atom is 0.268 e. The molecular formula is C14H16BrNO4S. The molecule has 7 heteroatoms. The Morgan fingerprint density at radius 1 is 1.29 bits per heavy atom. The number of aliphatic hydroxyl groups is 1. The summed E-state index contributed by atoms with van der Waals surface area (Å²) >= 11 is 3.07. The summed E-state index contributed by atoms with van der Waals surface area (Å²) in [5, 5.41) is 9.03. The van der Waals surface area contributed by atoms with Crippen LogP contribution < -0.4 is 4.31 Å². The lowest BCUT2D eigenvalue weighted by atomic mass is 10.1. The SMILES string of the molecule is CCc1ccc(N(C)S(=O)(=O)c2cc(CO)oc2Br)cc1. The van der Waals surface area contributed by atoms with Gasteiger partial charge in [-0.2, -0.15) is 0 Å². The van der Waals surface area contributed by atoms with Gasteiger partial charge in [0.1, 0.15) is 17.3 Å². The van der Waals surface area contributed by atoms with Gasteiger partial charge in [-0.05, 0) is 40.0 Å². The van der Waals surface area contributed by atoms with Crippen molar-refractivity contribution in [2.45, 2.75) is 24.8 Å². The van der Waals surface area contributed by atoms with Gasteiger partial charge in [-0.1, -0.05) is 19.1 Å². The number of hydrogen-bond acceptors (Lipinski definition) is 4. The van der Waals surface area contributed by atoms with E-state index in [4.69, 9.17) is 9.52 Å². The Bertz CT molecular complexity index is 722. The summed E-state index contributed by atoms with van der Waals surface area (Å²) in [6.45, 7) is 1.68. The number of benzene rings is 1. The Hall–Kier alpha value is -1.31. The summed E-state index contributed by atoms with van der Waals surface area (Å²) in [5.74, 6) is 0.190. The topological polar surface area (TPSA) is 70.8 Å². The van der Waals surface area contributed by atoms with Crippen LogP contribution in [0.5, 0.6) is 0 Å². The standard InChI is InChI=1S/C14H16BrNO4S/c1-3-10-4-6-11(7-5-10)16(2)21(18,19)13-8-12(9-17)20-14(13)15/h4-8,17H,3,9H2,1-2H3. The van der Waals surface area contributed by atoms with Gasteiger partial charge in [0.15, 0.2) is 4.67 Å². The number of sulfonamides is 1. The molecule has 1 heterocycles. The zero-order chi connectivity index (χ0) is 15.6. The molecule has 114 valence electrons. The number of halogens is 1. The first kappa shape index (κ1) is 16.1. The second-order valence-corrected chi connectivity index (χ2v) is 7.16. The van der Waals surface area contributed by atoms with Crippen LogP contribution >= 0.6 is 15.9 Å². The average molecular weight is 374 g/mol. The minimum atomic E-state index is -3.75. The third-order valence-electron chi connectivity index (χ3n) is 3.21. The summed E-state index contributed by atoms with van der Waals surface area (Å²) in [6.07, 6.45) is 0.893. The van der Waals surface area contributed by atoms with Crippen LogP contribution in [-0.2, 0) is 23.1 Å². The van der Waals surface area contributed by atoms with E-state index in [-0.39, 0.29) is 21.9 Å². The molecule has 1 aromatic carbocycles. The fourth-order valence-electron chi connectivity index (χ4n) is 1.88. The first-order valence-corrected chi connectivity index (χ1v) is 8.60. The lowest BCUT2D eigenvalue weighted by Gasteiger charge is -2.19. The molecular weight excluding hydrogens is 358 g/mol. The summed E-state index contributed by atoms with van der Waals surface area (Å²) in [5.41, 5.74) is 1.70. The van der Waals surface area contributed by atoms with Crippen LogP contribution in [0.1, 0.15) is 18.2 Å². The van der Waals surface area contributed by atoms with Gasteiger partial charge in [-0.15, -0.1) is 0 Å². The molecule has 0 saturated heterocycles. The van der Waals surface area contributed by atoms with Crippen molar-refractivity contribution >= 4 is 31.6 Å². The number of aryl methyl sites for hydroxylation is 1. The number of nitrogens with zero attached hydrogens (tertiary/aromatic N) is 1. The molecule has 0 bridgehead atoms. The third-order valence-corrected chi connectivity index (χ3v) is 5.85. The predicted molar refractivity (Wildman–Crippen MR) is 83.7 cm³/mol. The summed E-state index contributed by atoms with van der Waals surface area (Å²) < 4.78 is 31.6. The molecule has 1 aromatic heterocycles. The molecule has 2 rings (SSSR count). The van der Waals surface area contributed by atoms with Crippen molar-refractivity contribution in [2.75, 3.05) is 11.4 Å². The molecule has 21 heavy (non-hydrogen) atoms. The van der Waals surface area contributed by atoms with E-state index in [1.54, 1.807) is 12.1 Å². The number of furan rings is 1. The van der Waals surface area contributed by atoms with Gasteiger partial charge in [0.25, 0.3) is 10.0 Å². The Balaban J connectivity index is 2.39. The van der Waals surface area contributed by atoms with Gasteiger partial charge in [0.05, 0.1) is 5.69 Å². The largest absolute Gasteiger partial charge is 0.450 e. The zero-order valence-corrected chi connectivity index (χ0v) is 14.1. The normalized spacial score (nSPS) is 11.6. The van der Waals surface area contributed by atoms with Crippen molar-refractivity contribution in [3.8, 4) is 0 Å². The van der Waals surface area contributed by atoms with Crippen molar-refractivity contribution in [2.24, 2.45) is 0 Å². The maximum absolute atomic E-state index is 12.6. The van der Waals surface area contributed by atoms with E-state index in [2.05, 4.69) is 15.9 Å². The lowest BCUT2D eigenvalue weighted by Crippen LogP contribution is -2.26. The van der Waals surface area contributed by atoms with Crippen molar-refractivity contribution in [1.82, 2.24) is 0 Å². The summed E-state index contributed by atoms with van der Waals surface area (Å²) in [7, 11) is -2.27. The molecule has 0 amide bonds. The van der Waals surface area contributed by atoms with Gasteiger partial charge >= 0.3 is 0 Å². The van der Waals surface area contributed by atoms with Crippen molar-refractivity contribution in [1.29, 1.82) is 0 Å². The average Bonchev–Trinajstić information content (AvgIpc) is 2.88. The van der Waals surface area contributed by atoms with Crippen molar-refractivity contribution in [3.05, 3.63) is 46.3 Å². The molecule has 0 radical (unpaired) electrons. The van der Waals surface area contributed by atoms with Gasteiger partial charge < -0.3 is 9.52 Å². The Morgan fingerprint density at radius 3 is 2.38 bits per heavy atom. The molecule has 5 nitrogen and oxygen atoms in total. The molecule has 0 aliphatic rings. The Kier molecular flexibility index (Phi) is 4.75. The highest BCUT2D eigenvalue weighted by molar-refractivity contribution is 9.10. The predicted octanol–water partition coefficient (Wildman–Crippen LogP) is 2.92. The highest BCUT2D eigenvalue weighted by Crippen LogP contribution is 2.30. The van der Waals surface area contributed by atoms with Crippen molar-refractivity contribution < 1.29 is 17.9 Å². The van der Waals surface area contributed by atoms with Gasteiger partial charge in [-0.3, -0.25) is 4.31 Å². The summed E-state index contributed by atoms with van der Waals surface area (Å²) in [6, 6.07) is 8.63. The van der Waals surface area contributed by atoms with Crippen LogP contribution in [0.3, 0.4) is 0 Å². The van der Waals surface area contributed by atoms with E-state index in [9.17, 15) is 8.42 Å². The Morgan fingerprint density at radius 2 is 1.90 bits per heavy atom. The van der Waals surface area contributed by atoms with E-state index in [0.29, 0.717) is 5.69 Å². The van der Waals surface area contributed by atoms with E-state index in [0.717, 1.165) is 12.0 Å². The van der Waals surface area contributed by atoms with E-state index in [1.807, 2.05) is 19.1 Å². The van der Waals surface area contributed by atoms with Gasteiger partial charge in [0.2, 0.25) is 0 Å². The molecule has 0 aliphatic carbocycles. The molecule has 0 unspecified atom stereocenters. The molecule has 1 N–H and O–H groups in total. The van der Waals surface area contributed by atoms with Crippen LogP contribution in [0.25, 0.3) is 0 Å². The van der Waals surface area contributed by atoms with E-state index < -0.39 is 10.0 Å². The minimum Gasteiger partial charge on any atom is -0.450 e. The number of anilines is 1. The van der Waals surface area contributed by atoms with Gasteiger partial charge in [-0.25, -0.2) is 8.42 Å². The van der Waals surface area contributed by atoms with Gasteiger partial charge in [0, 0.05) is 13.1 Å². The Labute approximate surface area is 132 Å². The van der Waals surface area contributed by atoms with Crippen LogP contribution in [0, 0.1) is 0 Å². The first-order chi connectivity index (χ1) is 9.90. The summed E-state index contributed by atoms with van der Waals surface area (Å²) in [4.78, 5) is -0.00591. The number of aliphatic hydroxyl groups excluding tert-OH is 1. The van der Waals surface area contributed by atoms with E-state index in [1.165, 1.54) is 17.4 Å². The highest BCUT2D eigenvalue weighted by Gasteiger charge is 2.27. The van der Waals surface area contributed by atoms with Crippen LogP contribution in [0.15, 0.2) is 44.3 Å². The third kappa shape index (κ3) is 3.14. The maximum atomic E-state index is 12.6. The second-order valence-electron chi connectivity index (χ2n) is 4.50. The van der Waals surface area contributed by atoms with Crippen LogP contribution in [0.2, 0.25) is 0 Å². The molecule has 0 spiro atoms. The first-order valence-electron chi connectivity index (χ1n) is 6.37. The smallest absolute Gasteiger partial charge is 0.268 e. The zero-order valence-electron chi connectivity index (χ0n) is 11.7. The lowest BCUT2D eigenvalue weighted by molar-refractivity contribution is 0.245. The molecule has 0 fully saturated rings. The van der Waals surface area contributed by atoms with Crippen LogP contribution in [0.4, 0.5) is 5.69 Å². The highest BCUT2D eigenvalue weighted by atomic mass is 79.9. The fourth-order valence-corrected chi connectivity index (χ4v) is 4.03. The van der Waals surface area contributed by atoms with Crippen molar-refractivity contribution in [3.63, 3.8) is 0 Å². The molecule has 0 atom stereocenters. The molecule has 0 saturated carbocycles. The van der Waals surface area contributed by atoms with Crippen LogP contribution in [-0.4, -0.2) is 20.6 Å². The second kappa shape index (κ2) is 6.21. The number of hydrogen-bond donors (Lipinski definition) is 1. The quantitative estimate of drug-likeness (QED) is 0.874. The minimum absolute atomic E-state index is 0.00591. The molecule has 0 aliphatic heterocycles.